The second-order valence-corrected chi connectivity index (χ2v) is 10.4. The van der Waals surface area contributed by atoms with Crippen LogP contribution in [0.4, 0.5) is 5.69 Å². The minimum atomic E-state index is -3.85. The Hall–Kier alpha value is -2.24. The van der Waals surface area contributed by atoms with E-state index in [0.29, 0.717) is 24.3 Å². The van der Waals surface area contributed by atoms with Crippen LogP contribution in [0.5, 0.6) is 0 Å². The number of aromatic nitrogens is 1. The highest BCUT2D eigenvalue weighted by molar-refractivity contribution is 7.87. The van der Waals surface area contributed by atoms with Gasteiger partial charge in [-0.25, -0.2) is 0 Å². The molecule has 2 aromatic rings. The van der Waals surface area contributed by atoms with E-state index in [2.05, 4.69) is 15.0 Å². The summed E-state index contributed by atoms with van der Waals surface area (Å²) in [4.78, 5) is 28.7. The Bertz CT molecular complexity index is 1100. The van der Waals surface area contributed by atoms with E-state index < -0.39 is 28.1 Å². The minimum absolute atomic E-state index is 0.0793. The van der Waals surface area contributed by atoms with Crippen molar-refractivity contribution in [3.63, 3.8) is 0 Å². The normalized spacial score (nSPS) is 15.9. The first kappa shape index (κ1) is 26.4. The van der Waals surface area contributed by atoms with E-state index in [1.165, 1.54) is 23.8 Å². The van der Waals surface area contributed by atoms with E-state index in [1.54, 1.807) is 24.3 Å². The largest absolute Gasteiger partial charge is 0.468 e. The molecular weight excluding hydrogens is 503 g/mol. The summed E-state index contributed by atoms with van der Waals surface area (Å²) in [5.74, 6) is -1.18. The second kappa shape index (κ2) is 11.9. The van der Waals surface area contributed by atoms with Crippen LogP contribution in [0.1, 0.15) is 41.6 Å². The summed E-state index contributed by atoms with van der Waals surface area (Å²) >= 11 is 12.0. The number of rotatable bonds is 8. The maximum Gasteiger partial charge on any atom is 0.324 e. The summed E-state index contributed by atoms with van der Waals surface area (Å²) in [6, 6.07) is 5.54. The zero-order chi connectivity index (χ0) is 24.7. The SMILES string of the molecule is COC(=O)C(Cc1ccc(NC(=O)c2c(Cl)cncc2Cl)cc1)NS(=O)(=O)N1CCCCCC1. The number of carbonyl (C=O) groups excluding carboxylic acids is 2. The van der Waals surface area contributed by atoms with Crippen LogP contribution < -0.4 is 10.0 Å². The van der Waals surface area contributed by atoms with Gasteiger partial charge in [0.1, 0.15) is 6.04 Å². The van der Waals surface area contributed by atoms with E-state index in [0.717, 1.165) is 25.7 Å². The summed E-state index contributed by atoms with van der Waals surface area (Å²) in [5, 5.41) is 2.94. The topological polar surface area (TPSA) is 118 Å². The lowest BCUT2D eigenvalue weighted by atomic mass is 10.1. The van der Waals surface area contributed by atoms with E-state index in [4.69, 9.17) is 27.9 Å². The highest BCUT2D eigenvalue weighted by Crippen LogP contribution is 2.24. The predicted molar refractivity (Wildman–Crippen MR) is 130 cm³/mol. The maximum absolute atomic E-state index is 12.9. The second-order valence-electron chi connectivity index (χ2n) is 7.85. The molecule has 1 saturated heterocycles. The molecule has 1 unspecified atom stereocenters. The van der Waals surface area contributed by atoms with Gasteiger partial charge in [0.05, 0.1) is 22.7 Å². The van der Waals surface area contributed by atoms with Gasteiger partial charge in [-0.3, -0.25) is 14.6 Å². The number of amides is 1. The van der Waals surface area contributed by atoms with Gasteiger partial charge in [-0.2, -0.15) is 17.4 Å². The number of hydrogen-bond acceptors (Lipinski definition) is 6. The molecule has 0 radical (unpaired) electrons. The Balaban J connectivity index is 1.69. The van der Waals surface area contributed by atoms with Crippen LogP contribution in [0.15, 0.2) is 36.7 Å². The maximum atomic E-state index is 12.9. The third-order valence-electron chi connectivity index (χ3n) is 5.41. The van der Waals surface area contributed by atoms with Crippen LogP contribution >= 0.6 is 23.2 Å². The van der Waals surface area contributed by atoms with Gasteiger partial charge in [0.2, 0.25) is 0 Å². The zero-order valence-electron chi connectivity index (χ0n) is 18.6. The molecule has 1 aliphatic rings. The van der Waals surface area contributed by atoms with Gasteiger partial charge in [0.25, 0.3) is 16.1 Å². The van der Waals surface area contributed by atoms with Crippen molar-refractivity contribution < 1.29 is 22.7 Å². The Morgan fingerprint density at radius 1 is 1.06 bits per heavy atom. The van der Waals surface area contributed by atoms with Gasteiger partial charge < -0.3 is 10.1 Å². The molecule has 1 atom stereocenters. The number of benzene rings is 1. The fourth-order valence-corrected chi connectivity index (χ4v) is 5.60. The van der Waals surface area contributed by atoms with E-state index in [9.17, 15) is 18.0 Å². The summed E-state index contributed by atoms with van der Waals surface area (Å²) in [5.41, 5.74) is 1.25. The lowest BCUT2D eigenvalue weighted by Crippen LogP contribution is -2.49. The van der Waals surface area contributed by atoms with E-state index in [-0.39, 0.29) is 22.0 Å². The predicted octanol–water partition coefficient (Wildman–Crippen LogP) is 3.44. The van der Waals surface area contributed by atoms with E-state index >= 15 is 0 Å². The van der Waals surface area contributed by atoms with Crippen molar-refractivity contribution in [3.8, 4) is 0 Å². The quantitative estimate of drug-likeness (QED) is 0.506. The molecule has 2 heterocycles. The lowest BCUT2D eigenvalue weighted by molar-refractivity contribution is -0.142. The standard InChI is InChI=1S/C22H26Cl2N4O5S/c1-33-22(30)19(27-34(31,32)28-10-4-2-3-5-11-28)12-15-6-8-16(9-7-15)26-21(29)20-17(23)13-25-14-18(20)24/h6-9,13-14,19,27H,2-5,10-12H2,1H3,(H,26,29). The molecule has 0 spiro atoms. The molecule has 1 aliphatic heterocycles. The van der Waals surface area contributed by atoms with Crippen molar-refractivity contribution in [1.29, 1.82) is 0 Å². The molecular formula is C22H26Cl2N4O5S. The molecule has 34 heavy (non-hydrogen) atoms. The molecule has 3 rings (SSSR count). The number of ether oxygens (including phenoxy) is 1. The summed E-state index contributed by atoms with van der Waals surface area (Å²) in [7, 11) is -2.64. The van der Waals surface area contributed by atoms with Crippen LogP contribution in [-0.4, -0.2) is 55.8 Å². The van der Waals surface area contributed by atoms with Crippen molar-refractivity contribution in [1.82, 2.24) is 14.0 Å². The molecule has 0 bridgehead atoms. The Labute approximate surface area is 209 Å². The van der Waals surface area contributed by atoms with Crippen LogP contribution in [0.2, 0.25) is 10.0 Å². The fourth-order valence-electron chi connectivity index (χ4n) is 3.63. The fraction of sp³-hybridized carbons (Fsp3) is 0.409. The van der Waals surface area contributed by atoms with Gasteiger partial charge in [0.15, 0.2) is 0 Å². The first-order valence-electron chi connectivity index (χ1n) is 10.8. The molecule has 12 heteroatoms. The highest BCUT2D eigenvalue weighted by atomic mass is 35.5. The molecule has 0 aliphatic carbocycles. The summed E-state index contributed by atoms with van der Waals surface area (Å²) in [6.07, 6.45) is 6.26. The number of nitrogens with zero attached hydrogens (tertiary/aromatic N) is 2. The van der Waals surface area contributed by atoms with Gasteiger partial charge in [-0.15, -0.1) is 0 Å². The molecule has 0 saturated carbocycles. The zero-order valence-corrected chi connectivity index (χ0v) is 20.9. The number of pyridine rings is 1. The molecule has 1 amide bonds. The van der Waals surface area contributed by atoms with Crippen LogP contribution in [0.25, 0.3) is 0 Å². The van der Waals surface area contributed by atoms with Gasteiger partial charge in [-0.1, -0.05) is 48.2 Å². The number of hydrogen-bond donors (Lipinski definition) is 2. The number of carbonyl (C=O) groups is 2. The number of halogens is 2. The smallest absolute Gasteiger partial charge is 0.324 e. The molecule has 1 aromatic heterocycles. The van der Waals surface area contributed by atoms with Crippen LogP contribution in [0.3, 0.4) is 0 Å². The van der Waals surface area contributed by atoms with Gasteiger partial charge in [-0.05, 0) is 37.0 Å². The van der Waals surface area contributed by atoms with Crippen molar-refractivity contribution in [2.75, 3.05) is 25.5 Å². The Morgan fingerprint density at radius 3 is 2.21 bits per heavy atom. The third kappa shape index (κ3) is 6.89. The lowest BCUT2D eigenvalue weighted by Gasteiger charge is -2.24. The van der Waals surface area contributed by atoms with Crippen LogP contribution in [0, 0.1) is 0 Å². The molecule has 2 N–H and O–H groups in total. The molecule has 1 aromatic carbocycles. The monoisotopic (exact) mass is 528 g/mol. The van der Waals surface area contributed by atoms with E-state index in [1.807, 2.05) is 0 Å². The minimum Gasteiger partial charge on any atom is -0.468 e. The molecule has 1 fully saturated rings. The number of anilines is 1. The number of nitrogens with one attached hydrogen (secondary N) is 2. The first-order chi connectivity index (χ1) is 16.2. The summed E-state index contributed by atoms with van der Waals surface area (Å²) < 4.78 is 34.4. The van der Waals surface area contributed by atoms with Gasteiger partial charge in [0, 0.05) is 31.2 Å². The number of esters is 1. The van der Waals surface area contributed by atoms with Gasteiger partial charge >= 0.3 is 5.97 Å². The van der Waals surface area contributed by atoms with Crippen molar-refractivity contribution in [2.24, 2.45) is 0 Å². The van der Waals surface area contributed by atoms with Crippen molar-refractivity contribution >= 4 is 51.0 Å². The van der Waals surface area contributed by atoms with Crippen molar-refractivity contribution in [2.45, 2.75) is 38.1 Å². The molecule has 184 valence electrons. The first-order valence-corrected chi connectivity index (χ1v) is 13.0. The Kier molecular flexibility index (Phi) is 9.26. The average Bonchev–Trinajstić information content (AvgIpc) is 3.09. The van der Waals surface area contributed by atoms with Crippen LogP contribution in [-0.2, 0) is 26.2 Å². The Morgan fingerprint density at radius 2 is 1.65 bits per heavy atom. The average molecular weight is 529 g/mol. The highest BCUT2D eigenvalue weighted by Gasteiger charge is 2.30. The van der Waals surface area contributed by atoms with Crippen molar-refractivity contribution in [3.05, 3.63) is 57.8 Å². The summed E-state index contributed by atoms with van der Waals surface area (Å²) in [6.45, 7) is 0.840. The molecule has 9 nitrogen and oxygen atoms in total. The number of methoxy groups -OCH3 is 1. The third-order valence-corrected chi connectivity index (χ3v) is 7.61.